The van der Waals surface area contributed by atoms with Gasteiger partial charge in [-0.25, -0.2) is 0 Å². The standard InChI is InChI=1S/C18H12N2/c19-12-18(13-20)11-16(14-7-3-1-4-8-14)17(18)15-9-5-2-6-10-15/h1-11,17H. The molecule has 0 radical (unpaired) electrons. The lowest BCUT2D eigenvalue weighted by Crippen LogP contribution is -2.33. The lowest BCUT2D eigenvalue weighted by atomic mass is 9.59. The number of rotatable bonds is 2. The van der Waals surface area contributed by atoms with Crippen LogP contribution in [0.3, 0.4) is 0 Å². The van der Waals surface area contributed by atoms with Crippen LogP contribution in [0.25, 0.3) is 5.57 Å². The van der Waals surface area contributed by atoms with Gasteiger partial charge in [-0.3, -0.25) is 0 Å². The van der Waals surface area contributed by atoms with Crippen molar-refractivity contribution in [1.29, 1.82) is 10.5 Å². The van der Waals surface area contributed by atoms with E-state index < -0.39 is 5.41 Å². The van der Waals surface area contributed by atoms with Gasteiger partial charge in [0.05, 0.1) is 12.1 Å². The fourth-order valence-corrected chi connectivity index (χ4v) is 2.75. The second-order valence-electron chi connectivity index (χ2n) is 4.90. The van der Waals surface area contributed by atoms with Crippen molar-refractivity contribution in [1.82, 2.24) is 0 Å². The van der Waals surface area contributed by atoms with Crippen molar-refractivity contribution in [3.05, 3.63) is 77.9 Å². The van der Waals surface area contributed by atoms with Crippen LogP contribution in [0.1, 0.15) is 17.0 Å². The van der Waals surface area contributed by atoms with Crippen LogP contribution >= 0.6 is 0 Å². The molecule has 1 unspecified atom stereocenters. The number of hydrogen-bond acceptors (Lipinski definition) is 2. The quantitative estimate of drug-likeness (QED) is 0.818. The van der Waals surface area contributed by atoms with E-state index in [1.54, 1.807) is 6.08 Å². The number of hydrogen-bond donors (Lipinski definition) is 0. The lowest BCUT2D eigenvalue weighted by molar-refractivity contribution is 0.546. The number of nitrogens with zero attached hydrogens (tertiary/aromatic N) is 2. The summed E-state index contributed by atoms with van der Waals surface area (Å²) in [7, 11) is 0. The van der Waals surface area contributed by atoms with Crippen LogP contribution in [0, 0.1) is 28.1 Å². The van der Waals surface area contributed by atoms with Crippen molar-refractivity contribution in [2.45, 2.75) is 5.92 Å². The topological polar surface area (TPSA) is 47.6 Å². The molecule has 2 nitrogen and oxygen atoms in total. The van der Waals surface area contributed by atoms with Crippen molar-refractivity contribution < 1.29 is 0 Å². The third kappa shape index (κ3) is 1.71. The van der Waals surface area contributed by atoms with Crippen LogP contribution < -0.4 is 0 Å². The number of benzene rings is 2. The molecule has 2 aromatic rings. The predicted octanol–water partition coefficient (Wildman–Crippen LogP) is 3.90. The number of nitriles is 2. The minimum atomic E-state index is -1.05. The van der Waals surface area contributed by atoms with E-state index in [0.717, 1.165) is 16.7 Å². The minimum absolute atomic E-state index is 0.180. The molecule has 0 fully saturated rings. The van der Waals surface area contributed by atoms with Gasteiger partial charge in [-0.2, -0.15) is 10.5 Å². The van der Waals surface area contributed by atoms with Gasteiger partial charge in [0.25, 0.3) is 0 Å². The first-order chi connectivity index (χ1) is 9.80. The van der Waals surface area contributed by atoms with Crippen LogP contribution in [0.2, 0.25) is 0 Å². The zero-order chi connectivity index (χ0) is 14.0. The fourth-order valence-electron chi connectivity index (χ4n) is 2.75. The molecule has 1 aliphatic carbocycles. The van der Waals surface area contributed by atoms with Crippen LogP contribution in [-0.2, 0) is 0 Å². The van der Waals surface area contributed by atoms with E-state index in [4.69, 9.17) is 0 Å². The normalized spacial score (nSPS) is 19.1. The molecule has 94 valence electrons. The van der Waals surface area contributed by atoms with E-state index in [1.165, 1.54) is 0 Å². The van der Waals surface area contributed by atoms with Gasteiger partial charge in [-0.15, -0.1) is 0 Å². The molecule has 0 spiro atoms. The van der Waals surface area contributed by atoms with Crippen LogP contribution in [0.15, 0.2) is 66.7 Å². The summed E-state index contributed by atoms with van der Waals surface area (Å²) in [5, 5.41) is 18.8. The third-order valence-electron chi connectivity index (χ3n) is 3.76. The summed E-state index contributed by atoms with van der Waals surface area (Å²) >= 11 is 0. The fraction of sp³-hybridized carbons (Fsp3) is 0.111. The summed E-state index contributed by atoms with van der Waals surface area (Å²) in [4.78, 5) is 0. The van der Waals surface area contributed by atoms with E-state index in [-0.39, 0.29) is 5.92 Å². The lowest BCUT2D eigenvalue weighted by Gasteiger charge is -2.38. The summed E-state index contributed by atoms with van der Waals surface area (Å²) in [6.45, 7) is 0. The molecular weight excluding hydrogens is 244 g/mol. The molecule has 0 N–H and O–H groups in total. The monoisotopic (exact) mass is 256 g/mol. The van der Waals surface area contributed by atoms with Gasteiger partial charge in [0.15, 0.2) is 5.41 Å². The van der Waals surface area contributed by atoms with Crippen molar-refractivity contribution >= 4 is 5.57 Å². The SMILES string of the molecule is N#CC1(C#N)C=C(c2ccccc2)C1c1ccccc1. The van der Waals surface area contributed by atoms with Crippen molar-refractivity contribution in [2.75, 3.05) is 0 Å². The first kappa shape index (κ1) is 12.2. The Balaban J connectivity index is 2.13. The van der Waals surface area contributed by atoms with Crippen LogP contribution in [0.5, 0.6) is 0 Å². The highest BCUT2D eigenvalue weighted by atomic mass is 14.5. The molecule has 20 heavy (non-hydrogen) atoms. The summed E-state index contributed by atoms with van der Waals surface area (Å²) in [5.74, 6) is -0.180. The molecule has 1 aliphatic rings. The molecule has 2 aromatic carbocycles. The zero-order valence-electron chi connectivity index (χ0n) is 10.8. The average Bonchev–Trinajstić information content (AvgIpc) is 2.50. The van der Waals surface area contributed by atoms with Crippen LogP contribution in [-0.4, -0.2) is 0 Å². The minimum Gasteiger partial charge on any atom is -0.196 e. The summed E-state index contributed by atoms with van der Waals surface area (Å²) in [6.07, 6.45) is 1.79. The average molecular weight is 256 g/mol. The molecule has 2 heteroatoms. The molecular formula is C18H12N2. The second-order valence-corrected chi connectivity index (χ2v) is 4.90. The Morgan fingerprint density at radius 1 is 0.800 bits per heavy atom. The highest BCUT2D eigenvalue weighted by molar-refractivity contribution is 5.82. The molecule has 1 atom stereocenters. The highest BCUT2D eigenvalue weighted by Gasteiger charge is 2.49. The molecule has 0 heterocycles. The molecule has 0 saturated carbocycles. The Morgan fingerprint density at radius 2 is 1.35 bits per heavy atom. The van der Waals surface area contributed by atoms with Gasteiger partial charge in [0.2, 0.25) is 0 Å². The van der Waals surface area contributed by atoms with Crippen molar-refractivity contribution in [3.8, 4) is 12.1 Å². The largest absolute Gasteiger partial charge is 0.196 e. The summed E-state index contributed by atoms with van der Waals surface area (Å²) in [5.41, 5.74) is 2.09. The Hall–Kier alpha value is -2.84. The summed E-state index contributed by atoms with van der Waals surface area (Å²) in [6, 6.07) is 24.1. The Labute approximate surface area is 118 Å². The Bertz CT molecular complexity index is 716. The molecule has 0 bridgehead atoms. The maximum atomic E-state index is 9.42. The molecule has 3 rings (SSSR count). The van der Waals surface area contributed by atoms with Crippen molar-refractivity contribution in [3.63, 3.8) is 0 Å². The van der Waals surface area contributed by atoms with Crippen LogP contribution in [0.4, 0.5) is 0 Å². The van der Waals surface area contributed by atoms with Gasteiger partial charge in [-0.1, -0.05) is 60.7 Å². The van der Waals surface area contributed by atoms with Gasteiger partial charge < -0.3 is 0 Å². The third-order valence-corrected chi connectivity index (χ3v) is 3.76. The molecule has 0 aromatic heterocycles. The first-order valence-electron chi connectivity index (χ1n) is 6.46. The van der Waals surface area contributed by atoms with E-state index in [0.29, 0.717) is 0 Å². The van der Waals surface area contributed by atoms with E-state index in [9.17, 15) is 10.5 Å². The predicted molar refractivity (Wildman–Crippen MR) is 77.3 cm³/mol. The molecule has 0 saturated heterocycles. The van der Waals surface area contributed by atoms with Gasteiger partial charge in [-0.05, 0) is 22.8 Å². The van der Waals surface area contributed by atoms with Crippen molar-refractivity contribution in [2.24, 2.45) is 5.41 Å². The van der Waals surface area contributed by atoms with Gasteiger partial charge in [0.1, 0.15) is 0 Å². The highest BCUT2D eigenvalue weighted by Crippen LogP contribution is 2.55. The van der Waals surface area contributed by atoms with E-state index in [2.05, 4.69) is 12.1 Å². The maximum Gasteiger partial charge on any atom is 0.173 e. The Morgan fingerprint density at radius 3 is 1.90 bits per heavy atom. The second kappa shape index (κ2) is 4.68. The van der Waals surface area contributed by atoms with E-state index in [1.807, 2.05) is 60.7 Å². The molecule has 0 amide bonds. The maximum absolute atomic E-state index is 9.42. The summed E-state index contributed by atoms with van der Waals surface area (Å²) < 4.78 is 0. The zero-order valence-corrected chi connectivity index (χ0v) is 10.8. The Kier molecular flexibility index (Phi) is 2.86. The first-order valence-corrected chi connectivity index (χ1v) is 6.46. The smallest absolute Gasteiger partial charge is 0.173 e. The number of allylic oxidation sites excluding steroid dienone is 2. The van der Waals surface area contributed by atoms with Gasteiger partial charge in [0, 0.05) is 5.92 Å². The molecule has 0 aliphatic heterocycles. The van der Waals surface area contributed by atoms with E-state index >= 15 is 0 Å². The van der Waals surface area contributed by atoms with Gasteiger partial charge >= 0.3 is 0 Å².